The van der Waals surface area contributed by atoms with Crippen molar-refractivity contribution < 1.29 is 23.7 Å². The number of Topliss-reactive ketones (excluding diaryl/α,β-unsaturated/α-hetero) is 1. The minimum absolute atomic E-state index is 0.173. The van der Waals surface area contributed by atoms with Gasteiger partial charge in [0, 0.05) is 17.3 Å². The average Bonchev–Trinajstić information content (AvgIpc) is 2.77. The van der Waals surface area contributed by atoms with Crippen molar-refractivity contribution in [3.8, 4) is 23.0 Å². The van der Waals surface area contributed by atoms with E-state index in [1.54, 1.807) is 51.8 Å². The normalized spacial score (nSPS) is 15.5. The highest BCUT2D eigenvalue weighted by Gasteiger charge is 2.28. The smallest absolute Gasteiger partial charge is 0.193 e. The molecule has 0 aliphatic carbocycles. The third kappa shape index (κ3) is 4.12. The molecule has 2 aromatic carbocycles. The maximum Gasteiger partial charge on any atom is 0.193 e. The fourth-order valence-corrected chi connectivity index (χ4v) is 3.29. The second kappa shape index (κ2) is 8.83. The van der Waals surface area contributed by atoms with Crippen molar-refractivity contribution >= 4 is 23.1 Å². The molecule has 0 saturated carbocycles. The van der Waals surface area contributed by atoms with Crippen LogP contribution in [0.1, 0.15) is 22.0 Å². The van der Waals surface area contributed by atoms with Gasteiger partial charge in [0.2, 0.25) is 0 Å². The minimum atomic E-state index is -0.454. The number of ether oxygens (including phenoxy) is 4. The summed E-state index contributed by atoms with van der Waals surface area (Å²) in [5, 5.41) is 6.49. The van der Waals surface area contributed by atoms with E-state index in [1.165, 1.54) is 7.11 Å². The number of rotatable bonds is 7. The second-order valence-corrected chi connectivity index (χ2v) is 6.57. The Hall–Kier alpha value is -3.26. The van der Waals surface area contributed by atoms with Gasteiger partial charge in [-0.1, -0.05) is 6.07 Å². The molecule has 1 atom stereocenters. The third-order valence-corrected chi connectivity index (χ3v) is 4.83. The molecule has 1 aliphatic rings. The van der Waals surface area contributed by atoms with Crippen LogP contribution < -0.4 is 29.6 Å². The first-order chi connectivity index (χ1) is 14.0. The number of benzene rings is 2. The summed E-state index contributed by atoms with van der Waals surface area (Å²) in [6, 6.07) is 10.1. The molecule has 1 aliphatic heterocycles. The molecule has 0 fully saturated rings. The van der Waals surface area contributed by atoms with Gasteiger partial charge >= 0.3 is 0 Å². The van der Waals surface area contributed by atoms with Gasteiger partial charge in [0.05, 0.1) is 34.5 Å². The van der Waals surface area contributed by atoms with Crippen LogP contribution in [0.25, 0.3) is 0 Å². The van der Waals surface area contributed by atoms with Crippen molar-refractivity contribution in [1.29, 1.82) is 0 Å². The van der Waals surface area contributed by atoms with Crippen LogP contribution in [-0.4, -0.2) is 39.3 Å². The number of methoxy groups -OCH3 is 4. The number of carbonyl (C=O) groups excluding carboxylic acids is 1. The summed E-state index contributed by atoms with van der Waals surface area (Å²) in [4.78, 5) is 13.3. The first-order valence-electron chi connectivity index (χ1n) is 8.78. The number of hydrogen-bond acceptors (Lipinski definition) is 6. The Morgan fingerprint density at radius 2 is 1.45 bits per heavy atom. The van der Waals surface area contributed by atoms with Gasteiger partial charge in [-0.2, -0.15) is 0 Å². The quantitative estimate of drug-likeness (QED) is 0.529. The molecule has 1 heterocycles. The van der Waals surface area contributed by atoms with Crippen molar-refractivity contribution in [2.75, 3.05) is 28.4 Å². The first kappa shape index (κ1) is 20.5. The van der Waals surface area contributed by atoms with Gasteiger partial charge in [0.25, 0.3) is 0 Å². The summed E-state index contributed by atoms with van der Waals surface area (Å²) in [5.74, 6) is 2.02. The molecule has 2 aromatic rings. The van der Waals surface area contributed by atoms with Crippen LogP contribution in [0.15, 0.2) is 48.2 Å². The number of ketones is 1. The Morgan fingerprint density at radius 1 is 0.862 bits per heavy atom. The predicted molar refractivity (Wildman–Crippen MR) is 113 cm³/mol. The number of nitrogens with one attached hydrogen (secondary N) is 2. The summed E-state index contributed by atoms with van der Waals surface area (Å²) >= 11 is 5.25. The molecule has 7 nitrogen and oxygen atoms in total. The van der Waals surface area contributed by atoms with Crippen LogP contribution in [0.3, 0.4) is 0 Å². The highest BCUT2D eigenvalue weighted by molar-refractivity contribution is 7.80. The zero-order chi connectivity index (χ0) is 21.0. The van der Waals surface area contributed by atoms with E-state index < -0.39 is 6.04 Å². The van der Waals surface area contributed by atoms with Crippen LogP contribution in [-0.2, 0) is 0 Å². The zero-order valence-electron chi connectivity index (χ0n) is 16.6. The maximum atomic E-state index is 13.3. The molecule has 0 spiro atoms. The molecule has 3 rings (SSSR count). The number of hydrogen-bond donors (Lipinski definition) is 2. The number of thiocarbonyl (C=S) groups is 1. The molecular weight excluding hydrogens is 392 g/mol. The fraction of sp³-hybridized carbons (Fsp3) is 0.238. The molecule has 29 heavy (non-hydrogen) atoms. The van der Waals surface area contributed by atoms with Gasteiger partial charge in [0.1, 0.15) is 0 Å². The van der Waals surface area contributed by atoms with Gasteiger partial charge in [0.15, 0.2) is 33.9 Å². The van der Waals surface area contributed by atoms with E-state index in [0.29, 0.717) is 39.2 Å². The van der Waals surface area contributed by atoms with Crippen LogP contribution in [0.5, 0.6) is 23.0 Å². The Balaban J connectivity index is 2.00. The molecule has 0 aromatic heterocycles. The predicted octanol–water partition coefficient (Wildman–Crippen LogP) is 3.01. The lowest BCUT2D eigenvalue weighted by Crippen LogP contribution is -2.42. The minimum Gasteiger partial charge on any atom is -0.493 e. The van der Waals surface area contributed by atoms with Crippen molar-refractivity contribution in [3.63, 3.8) is 0 Å². The average molecular weight is 414 g/mol. The van der Waals surface area contributed by atoms with Crippen molar-refractivity contribution in [3.05, 3.63) is 59.3 Å². The van der Waals surface area contributed by atoms with Crippen LogP contribution >= 0.6 is 12.2 Å². The molecule has 152 valence electrons. The van der Waals surface area contributed by atoms with Crippen LogP contribution in [0.2, 0.25) is 0 Å². The van der Waals surface area contributed by atoms with E-state index in [9.17, 15) is 4.79 Å². The molecule has 0 amide bonds. The lowest BCUT2D eigenvalue weighted by Gasteiger charge is -2.28. The second-order valence-electron chi connectivity index (χ2n) is 6.16. The lowest BCUT2D eigenvalue weighted by atomic mass is 9.91. The summed E-state index contributed by atoms with van der Waals surface area (Å²) in [6.07, 6.45) is 1.62. The maximum absolute atomic E-state index is 13.3. The van der Waals surface area contributed by atoms with E-state index in [4.69, 9.17) is 31.2 Å². The summed E-state index contributed by atoms with van der Waals surface area (Å²) in [7, 11) is 6.21. The SMILES string of the molecule is COc1ccc(C(=O)C2=CNC(=S)NC2c2ccc(OC)c(OC)c2)cc1OC. The topological polar surface area (TPSA) is 78.1 Å². The molecule has 1 unspecified atom stereocenters. The third-order valence-electron chi connectivity index (χ3n) is 4.59. The monoisotopic (exact) mass is 414 g/mol. The zero-order valence-corrected chi connectivity index (χ0v) is 17.4. The molecule has 0 radical (unpaired) electrons. The highest BCUT2D eigenvalue weighted by Crippen LogP contribution is 2.35. The highest BCUT2D eigenvalue weighted by atomic mass is 32.1. The van der Waals surface area contributed by atoms with E-state index in [-0.39, 0.29) is 5.78 Å². The Kier molecular flexibility index (Phi) is 6.23. The number of carbonyl (C=O) groups is 1. The van der Waals surface area contributed by atoms with Gasteiger partial charge < -0.3 is 29.6 Å². The van der Waals surface area contributed by atoms with Gasteiger partial charge in [-0.15, -0.1) is 0 Å². The summed E-state index contributed by atoms with van der Waals surface area (Å²) in [6.45, 7) is 0. The van der Waals surface area contributed by atoms with E-state index in [1.807, 2.05) is 12.1 Å². The molecular formula is C21H22N2O5S. The molecule has 8 heteroatoms. The molecule has 2 N–H and O–H groups in total. The first-order valence-corrected chi connectivity index (χ1v) is 9.19. The van der Waals surface area contributed by atoms with Gasteiger partial charge in [-0.3, -0.25) is 4.79 Å². The van der Waals surface area contributed by atoms with Crippen LogP contribution in [0.4, 0.5) is 0 Å². The van der Waals surface area contributed by atoms with Gasteiger partial charge in [-0.05, 0) is 48.1 Å². The van der Waals surface area contributed by atoms with E-state index >= 15 is 0 Å². The van der Waals surface area contributed by atoms with Gasteiger partial charge in [-0.25, -0.2) is 0 Å². The Bertz CT molecular complexity index is 974. The van der Waals surface area contributed by atoms with Crippen molar-refractivity contribution in [2.45, 2.75) is 6.04 Å². The molecule has 0 bridgehead atoms. The summed E-state index contributed by atoms with van der Waals surface area (Å²) < 4.78 is 21.3. The standard InChI is InChI=1S/C21H22N2O5S/c1-25-15-7-5-12(9-17(15)27-3)19-14(11-22-21(29)23-19)20(24)13-6-8-16(26-2)18(10-13)28-4/h5-11,19H,1-4H3,(H2,22,23,29). The van der Waals surface area contributed by atoms with Crippen LogP contribution in [0, 0.1) is 0 Å². The molecule has 0 saturated heterocycles. The lowest BCUT2D eigenvalue weighted by molar-refractivity contribution is 0.102. The van der Waals surface area contributed by atoms with E-state index in [0.717, 1.165) is 5.56 Å². The van der Waals surface area contributed by atoms with Crippen molar-refractivity contribution in [1.82, 2.24) is 10.6 Å². The fourth-order valence-electron chi connectivity index (χ4n) is 3.11. The largest absolute Gasteiger partial charge is 0.493 e. The Labute approximate surface area is 174 Å². The Morgan fingerprint density at radius 3 is 2.07 bits per heavy atom. The van der Waals surface area contributed by atoms with E-state index in [2.05, 4.69) is 10.6 Å². The van der Waals surface area contributed by atoms with Crippen molar-refractivity contribution in [2.24, 2.45) is 0 Å². The summed E-state index contributed by atoms with van der Waals surface area (Å²) in [5.41, 5.74) is 1.78.